The quantitative estimate of drug-likeness (QED) is 0.821. The smallest absolute Gasteiger partial charge is 0.126 e. The van der Waals surface area contributed by atoms with Gasteiger partial charge in [0.25, 0.3) is 0 Å². The summed E-state index contributed by atoms with van der Waals surface area (Å²) >= 11 is 0. The standard InChI is InChI=1S/C10H14N4O/c1-2-4-14-9(7-12-13-14)8-3-5-15-10(8)6-11/h3,5,7H,2,4,6,11H2,1H3. The Morgan fingerprint density at radius 1 is 1.53 bits per heavy atom. The Labute approximate surface area is 87.9 Å². The average Bonchev–Trinajstić information content (AvgIpc) is 2.84. The van der Waals surface area contributed by atoms with Crippen molar-refractivity contribution in [3.05, 3.63) is 24.3 Å². The van der Waals surface area contributed by atoms with Crippen LogP contribution in [0.3, 0.4) is 0 Å². The van der Waals surface area contributed by atoms with Crippen LogP contribution in [0.15, 0.2) is 22.9 Å². The van der Waals surface area contributed by atoms with Crippen LogP contribution in [-0.2, 0) is 13.1 Å². The fourth-order valence-corrected chi connectivity index (χ4v) is 1.57. The van der Waals surface area contributed by atoms with Gasteiger partial charge in [0.05, 0.1) is 24.7 Å². The molecule has 0 saturated heterocycles. The van der Waals surface area contributed by atoms with E-state index in [1.165, 1.54) is 0 Å². The molecular formula is C10H14N4O. The van der Waals surface area contributed by atoms with E-state index in [1.54, 1.807) is 12.5 Å². The molecule has 2 aromatic rings. The molecule has 0 unspecified atom stereocenters. The van der Waals surface area contributed by atoms with Crippen LogP contribution in [0, 0.1) is 0 Å². The molecule has 2 heterocycles. The van der Waals surface area contributed by atoms with E-state index in [1.807, 2.05) is 10.7 Å². The van der Waals surface area contributed by atoms with Gasteiger partial charge in [0.15, 0.2) is 0 Å². The molecule has 0 aliphatic carbocycles. The third-order valence-corrected chi connectivity index (χ3v) is 2.26. The molecule has 0 bridgehead atoms. The van der Waals surface area contributed by atoms with Crippen molar-refractivity contribution in [1.29, 1.82) is 0 Å². The highest BCUT2D eigenvalue weighted by Gasteiger charge is 2.12. The number of aryl methyl sites for hydroxylation is 1. The maximum Gasteiger partial charge on any atom is 0.126 e. The second-order valence-electron chi connectivity index (χ2n) is 3.30. The van der Waals surface area contributed by atoms with Crippen molar-refractivity contribution in [3.63, 3.8) is 0 Å². The summed E-state index contributed by atoms with van der Waals surface area (Å²) < 4.78 is 7.14. The molecule has 0 amide bonds. The van der Waals surface area contributed by atoms with Crippen molar-refractivity contribution in [1.82, 2.24) is 15.0 Å². The minimum Gasteiger partial charge on any atom is -0.467 e. The van der Waals surface area contributed by atoms with Crippen LogP contribution < -0.4 is 5.73 Å². The number of nitrogens with two attached hydrogens (primary N) is 1. The Kier molecular flexibility index (Phi) is 2.82. The Bertz CT molecular complexity index is 432. The largest absolute Gasteiger partial charge is 0.467 e. The van der Waals surface area contributed by atoms with Crippen molar-refractivity contribution in [3.8, 4) is 11.3 Å². The average molecular weight is 206 g/mol. The van der Waals surface area contributed by atoms with Crippen molar-refractivity contribution in [2.24, 2.45) is 5.73 Å². The zero-order valence-electron chi connectivity index (χ0n) is 8.68. The molecule has 0 radical (unpaired) electrons. The molecule has 0 atom stereocenters. The van der Waals surface area contributed by atoms with Gasteiger partial charge in [0, 0.05) is 12.1 Å². The fourth-order valence-electron chi connectivity index (χ4n) is 1.57. The first kappa shape index (κ1) is 9.92. The van der Waals surface area contributed by atoms with E-state index in [0.717, 1.165) is 30.0 Å². The number of hydrogen-bond acceptors (Lipinski definition) is 4. The molecule has 2 aromatic heterocycles. The van der Waals surface area contributed by atoms with Crippen molar-refractivity contribution >= 4 is 0 Å². The lowest BCUT2D eigenvalue weighted by Crippen LogP contribution is -2.03. The fraction of sp³-hybridized carbons (Fsp3) is 0.400. The Morgan fingerprint density at radius 3 is 3.13 bits per heavy atom. The third kappa shape index (κ3) is 1.78. The molecule has 2 rings (SSSR count). The van der Waals surface area contributed by atoms with Crippen LogP contribution in [0.4, 0.5) is 0 Å². The molecule has 0 saturated carbocycles. The van der Waals surface area contributed by atoms with Crippen molar-refractivity contribution < 1.29 is 4.42 Å². The molecule has 5 heteroatoms. The zero-order chi connectivity index (χ0) is 10.7. The van der Waals surface area contributed by atoms with E-state index in [2.05, 4.69) is 17.2 Å². The van der Waals surface area contributed by atoms with Crippen molar-refractivity contribution in [2.45, 2.75) is 26.4 Å². The van der Waals surface area contributed by atoms with Gasteiger partial charge < -0.3 is 10.2 Å². The lowest BCUT2D eigenvalue weighted by molar-refractivity contribution is 0.512. The minimum atomic E-state index is 0.389. The highest BCUT2D eigenvalue weighted by atomic mass is 16.3. The molecule has 5 nitrogen and oxygen atoms in total. The predicted octanol–water partition coefficient (Wildman–Crippen LogP) is 1.41. The summed E-state index contributed by atoms with van der Waals surface area (Å²) in [6.45, 7) is 3.34. The van der Waals surface area contributed by atoms with Crippen LogP contribution >= 0.6 is 0 Å². The Hall–Kier alpha value is -1.62. The van der Waals surface area contributed by atoms with Gasteiger partial charge in [0.2, 0.25) is 0 Å². The van der Waals surface area contributed by atoms with E-state index in [-0.39, 0.29) is 0 Å². The van der Waals surface area contributed by atoms with Gasteiger partial charge in [-0.1, -0.05) is 12.1 Å². The summed E-state index contributed by atoms with van der Waals surface area (Å²) in [5, 5.41) is 7.92. The second kappa shape index (κ2) is 4.27. The van der Waals surface area contributed by atoms with E-state index in [9.17, 15) is 0 Å². The van der Waals surface area contributed by atoms with Gasteiger partial charge in [-0.05, 0) is 12.5 Å². The summed E-state index contributed by atoms with van der Waals surface area (Å²) in [4.78, 5) is 0. The topological polar surface area (TPSA) is 69.9 Å². The lowest BCUT2D eigenvalue weighted by Gasteiger charge is -2.03. The summed E-state index contributed by atoms with van der Waals surface area (Å²) in [7, 11) is 0. The number of nitrogens with zero attached hydrogens (tertiary/aromatic N) is 3. The lowest BCUT2D eigenvalue weighted by atomic mass is 10.2. The molecule has 15 heavy (non-hydrogen) atoms. The maximum absolute atomic E-state index is 5.58. The summed E-state index contributed by atoms with van der Waals surface area (Å²) in [5.74, 6) is 0.773. The Morgan fingerprint density at radius 2 is 2.40 bits per heavy atom. The summed E-state index contributed by atoms with van der Waals surface area (Å²) in [6.07, 6.45) is 4.40. The first-order valence-corrected chi connectivity index (χ1v) is 5.02. The predicted molar refractivity (Wildman–Crippen MR) is 55.9 cm³/mol. The van der Waals surface area contributed by atoms with Crippen LogP contribution in [0.25, 0.3) is 11.3 Å². The van der Waals surface area contributed by atoms with Gasteiger partial charge in [0.1, 0.15) is 5.76 Å². The summed E-state index contributed by atoms with van der Waals surface area (Å²) in [6, 6.07) is 1.90. The molecule has 0 spiro atoms. The summed E-state index contributed by atoms with van der Waals surface area (Å²) in [5.41, 5.74) is 7.53. The number of hydrogen-bond donors (Lipinski definition) is 1. The van der Waals surface area contributed by atoms with E-state index in [4.69, 9.17) is 10.2 Å². The first-order chi connectivity index (χ1) is 7.36. The number of furan rings is 1. The molecular weight excluding hydrogens is 192 g/mol. The highest BCUT2D eigenvalue weighted by molar-refractivity contribution is 5.60. The van der Waals surface area contributed by atoms with E-state index >= 15 is 0 Å². The second-order valence-corrected chi connectivity index (χ2v) is 3.30. The molecule has 0 aliphatic rings. The van der Waals surface area contributed by atoms with Gasteiger partial charge in [-0.2, -0.15) is 0 Å². The van der Waals surface area contributed by atoms with Gasteiger partial charge >= 0.3 is 0 Å². The molecule has 0 fully saturated rings. The number of aromatic nitrogens is 3. The first-order valence-electron chi connectivity index (χ1n) is 5.02. The number of rotatable bonds is 4. The van der Waals surface area contributed by atoms with Gasteiger partial charge in [-0.3, -0.25) is 0 Å². The highest BCUT2D eigenvalue weighted by Crippen LogP contribution is 2.23. The van der Waals surface area contributed by atoms with Crippen LogP contribution in [0.2, 0.25) is 0 Å². The van der Waals surface area contributed by atoms with E-state index in [0.29, 0.717) is 6.54 Å². The van der Waals surface area contributed by atoms with Crippen LogP contribution in [0.5, 0.6) is 0 Å². The third-order valence-electron chi connectivity index (χ3n) is 2.26. The molecule has 0 aromatic carbocycles. The Balaban J connectivity index is 2.40. The monoisotopic (exact) mass is 206 g/mol. The van der Waals surface area contributed by atoms with Crippen molar-refractivity contribution in [2.75, 3.05) is 0 Å². The SMILES string of the molecule is CCCn1nncc1-c1ccoc1CN. The minimum absolute atomic E-state index is 0.389. The van der Waals surface area contributed by atoms with E-state index < -0.39 is 0 Å². The van der Waals surface area contributed by atoms with Gasteiger partial charge in [-0.15, -0.1) is 5.10 Å². The zero-order valence-corrected chi connectivity index (χ0v) is 8.68. The molecule has 2 N–H and O–H groups in total. The van der Waals surface area contributed by atoms with Crippen LogP contribution in [0.1, 0.15) is 19.1 Å². The molecule has 80 valence electrons. The van der Waals surface area contributed by atoms with Crippen LogP contribution in [-0.4, -0.2) is 15.0 Å². The normalized spacial score (nSPS) is 10.8. The maximum atomic E-state index is 5.58. The molecule has 0 aliphatic heterocycles. The van der Waals surface area contributed by atoms with Gasteiger partial charge in [-0.25, -0.2) is 4.68 Å².